The molecular formula is C24H30N6O2. The standard InChI is InChI=1S/C24H30N6O2/c1-15(2)30-14-20(23(32)25-3)21(31)19-13-26-24(28-22(19)30)27-18-7-5-6-17(12-18)16-8-10-29(4)11-9-16/h5-7,12-16H,8-11H2,1-4H3,(H,25,32)(H,26,27,28). The number of amides is 1. The number of nitrogens with zero attached hydrogens (tertiary/aromatic N) is 4. The van der Waals surface area contributed by atoms with E-state index in [9.17, 15) is 9.59 Å². The molecule has 1 aliphatic rings. The topological polar surface area (TPSA) is 92.2 Å². The molecule has 8 nitrogen and oxygen atoms in total. The molecule has 1 amide bonds. The zero-order chi connectivity index (χ0) is 22.8. The van der Waals surface area contributed by atoms with Crippen LogP contribution in [0.4, 0.5) is 11.6 Å². The van der Waals surface area contributed by atoms with Gasteiger partial charge in [-0.05, 0) is 70.4 Å². The lowest BCUT2D eigenvalue weighted by Crippen LogP contribution is -2.29. The van der Waals surface area contributed by atoms with Crippen molar-refractivity contribution in [2.45, 2.75) is 38.6 Å². The summed E-state index contributed by atoms with van der Waals surface area (Å²) >= 11 is 0. The predicted molar refractivity (Wildman–Crippen MR) is 127 cm³/mol. The molecule has 0 saturated carbocycles. The van der Waals surface area contributed by atoms with Gasteiger partial charge in [-0.15, -0.1) is 0 Å². The SMILES string of the molecule is CNC(=O)c1cn(C(C)C)c2nc(Nc3cccc(C4CCN(C)CC4)c3)ncc2c1=O. The molecule has 3 aromatic rings. The Kier molecular flexibility index (Phi) is 6.23. The third-order valence-corrected chi connectivity index (χ3v) is 6.13. The quantitative estimate of drug-likeness (QED) is 0.640. The second-order valence-corrected chi connectivity index (χ2v) is 8.71. The van der Waals surface area contributed by atoms with Crippen LogP contribution in [0.25, 0.3) is 11.0 Å². The van der Waals surface area contributed by atoms with Gasteiger partial charge in [0, 0.05) is 31.2 Å². The van der Waals surface area contributed by atoms with E-state index >= 15 is 0 Å². The Bertz CT molecular complexity index is 1190. The average Bonchev–Trinajstić information content (AvgIpc) is 2.79. The van der Waals surface area contributed by atoms with Crippen LogP contribution in [-0.4, -0.2) is 52.5 Å². The Morgan fingerprint density at radius 1 is 1.22 bits per heavy atom. The number of piperidine rings is 1. The van der Waals surface area contributed by atoms with Crippen LogP contribution in [0.2, 0.25) is 0 Å². The number of nitrogens with one attached hydrogen (secondary N) is 2. The molecule has 0 spiro atoms. The molecule has 1 saturated heterocycles. The van der Waals surface area contributed by atoms with Crippen LogP contribution >= 0.6 is 0 Å². The molecule has 168 valence electrons. The van der Waals surface area contributed by atoms with Gasteiger partial charge in [0.05, 0.1) is 5.39 Å². The molecule has 2 aromatic heterocycles. The van der Waals surface area contributed by atoms with Crippen LogP contribution in [0.15, 0.2) is 41.5 Å². The summed E-state index contributed by atoms with van der Waals surface area (Å²) in [5.41, 5.74) is 2.46. The Hall–Kier alpha value is -3.26. The van der Waals surface area contributed by atoms with Crippen LogP contribution in [0.5, 0.6) is 0 Å². The van der Waals surface area contributed by atoms with E-state index in [1.54, 1.807) is 6.20 Å². The number of fused-ring (bicyclic) bond motifs is 1. The van der Waals surface area contributed by atoms with Crippen molar-refractivity contribution >= 4 is 28.6 Å². The minimum Gasteiger partial charge on any atom is -0.355 e. The minimum atomic E-state index is -0.417. The van der Waals surface area contributed by atoms with E-state index in [1.165, 1.54) is 18.8 Å². The van der Waals surface area contributed by atoms with E-state index in [0.29, 0.717) is 22.9 Å². The normalized spacial score (nSPS) is 15.3. The third-order valence-electron chi connectivity index (χ3n) is 6.13. The van der Waals surface area contributed by atoms with Crippen molar-refractivity contribution < 1.29 is 4.79 Å². The van der Waals surface area contributed by atoms with E-state index < -0.39 is 5.91 Å². The molecule has 8 heteroatoms. The van der Waals surface area contributed by atoms with Gasteiger partial charge in [-0.3, -0.25) is 9.59 Å². The number of pyridine rings is 1. The third kappa shape index (κ3) is 4.36. The summed E-state index contributed by atoms with van der Waals surface area (Å²) in [7, 11) is 3.68. The van der Waals surface area contributed by atoms with Crippen molar-refractivity contribution in [3.63, 3.8) is 0 Å². The number of hydrogen-bond donors (Lipinski definition) is 2. The zero-order valence-electron chi connectivity index (χ0n) is 19.1. The molecule has 2 N–H and O–H groups in total. The van der Waals surface area contributed by atoms with E-state index in [1.807, 2.05) is 24.5 Å². The second-order valence-electron chi connectivity index (χ2n) is 8.71. The van der Waals surface area contributed by atoms with E-state index in [2.05, 4.69) is 50.7 Å². The molecule has 3 heterocycles. The van der Waals surface area contributed by atoms with E-state index in [0.717, 1.165) is 31.6 Å². The molecule has 1 fully saturated rings. The van der Waals surface area contributed by atoms with Crippen molar-refractivity contribution in [3.8, 4) is 0 Å². The van der Waals surface area contributed by atoms with Crippen LogP contribution < -0.4 is 16.1 Å². The number of hydrogen-bond acceptors (Lipinski definition) is 6. The van der Waals surface area contributed by atoms with Gasteiger partial charge >= 0.3 is 0 Å². The predicted octanol–water partition coefficient (Wildman–Crippen LogP) is 3.28. The lowest BCUT2D eigenvalue weighted by Gasteiger charge is -2.29. The summed E-state index contributed by atoms with van der Waals surface area (Å²) in [6.07, 6.45) is 5.38. The maximum absolute atomic E-state index is 12.8. The van der Waals surface area contributed by atoms with Crippen LogP contribution in [0.3, 0.4) is 0 Å². The number of likely N-dealkylation sites (tertiary alicyclic amines) is 1. The fraction of sp³-hybridized carbons (Fsp3) is 0.417. The van der Waals surface area contributed by atoms with Crippen molar-refractivity contribution in [1.82, 2.24) is 24.8 Å². The molecule has 0 unspecified atom stereocenters. The molecule has 0 atom stereocenters. The van der Waals surface area contributed by atoms with Crippen LogP contribution in [-0.2, 0) is 0 Å². The summed E-state index contributed by atoms with van der Waals surface area (Å²) in [6.45, 7) is 6.19. The highest BCUT2D eigenvalue weighted by molar-refractivity contribution is 5.96. The summed E-state index contributed by atoms with van der Waals surface area (Å²) in [5, 5.41) is 6.14. The summed E-state index contributed by atoms with van der Waals surface area (Å²) in [5.74, 6) is 0.554. The van der Waals surface area contributed by atoms with Gasteiger partial charge in [0.15, 0.2) is 0 Å². The Morgan fingerprint density at radius 2 is 1.97 bits per heavy atom. The first-order chi connectivity index (χ1) is 15.4. The minimum absolute atomic E-state index is 0.0111. The van der Waals surface area contributed by atoms with E-state index in [-0.39, 0.29) is 17.0 Å². The van der Waals surface area contributed by atoms with Gasteiger partial charge < -0.3 is 20.1 Å². The summed E-state index contributed by atoms with van der Waals surface area (Å²) in [6, 6.07) is 8.40. The Morgan fingerprint density at radius 3 is 2.66 bits per heavy atom. The second kappa shape index (κ2) is 9.08. The molecule has 4 rings (SSSR count). The first-order valence-electron chi connectivity index (χ1n) is 11.1. The van der Waals surface area contributed by atoms with E-state index in [4.69, 9.17) is 0 Å². The molecular weight excluding hydrogens is 404 g/mol. The first-order valence-corrected chi connectivity index (χ1v) is 11.1. The number of rotatable bonds is 5. The molecule has 0 aliphatic carbocycles. The zero-order valence-corrected chi connectivity index (χ0v) is 19.1. The maximum Gasteiger partial charge on any atom is 0.256 e. The maximum atomic E-state index is 12.8. The molecule has 0 radical (unpaired) electrons. The number of aromatic nitrogens is 3. The van der Waals surface area contributed by atoms with Crippen molar-refractivity contribution in [3.05, 3.63) is 58.0 Å². The molecule has 1 aliphatic heterocycles. The monoisotopic (exact) mass is 434 g/mol. The van der Waals surface area contributed by atoms with Gasteiger partial charge in [-0.1, -0.05) is 12.1 Å². The van der Waals surface area contributed by atoms with Crippen LogP contribution in [0.1, 0.15) is 54.6 Å². The smallest absolute Gasteiger partial charge is 0.256 e. The van der Waals surface area contributed by atoms with Gasteiger partial charge in [0.25, 0.3) is 5.91 Å². The molecule has 0 bridgehead atoms. The largest absolute Gasteiger partial charge is 0.355 e. The van der Waals surface area contributed by atoms with Crippen molar-refractivity contribution in [1.29, 1.82) is 0 Å². The number of carbonyl (C=O) groups excluding carboxylic acids is 1. The van der Waals surface area contributed by atoms with Gasteiger partial charge in [-0.2, -0.15) is 4.98 Å². The first kappa shape index (κ1) is 22.0. The average molecular weight is 435 g/mol. The van der Waals surface area contributed by atoms with Crippen molar-refractivity contribution in [2.24, 2.45) is 0 Å². The van der Waals surface area contributed by atoms with Gasteiger partial charge in [0.1, 0.15) is 11.2 Å². The molecule has 32 heavy (non-hydrogen) atoms. The van der Waals surface area contributed by atoms with Crippen LogP contribution in [0, 0.1) is 0 Å². The summed E-state index contributed by atoms with van der Waals surface area (Å²) < 4.78 is 1.84. The number of benzene rings is 1. The highest BCUT2D eigenvalue weighted by atomic mass is 16.2. The van der Waals surface area contributed by atoms with Crippen molar-refractivity contribution in [2.75, 3.05) is 32.5 Å². The Balaban J connectivity index is 1.67. The highest BCUT2D eigenvalue weighted by Gasteiger charge is 2.19. The number of anilines is 2. The highest BCUT2D eigenvalue weighted by Crippen LogP contribution is 2.29. The molecule has 1 aromatic carbocycles. The van der Waals surface area contributed by atoms with Gasteiger partial charge in [0.2, 0.25) is 11.4 Å². The van der Waals surface area contributed by atoms with Gasteiger partial charge in [-0.25, -0.2) is 4.98 Å². The summed E-state index contributed by atoms with van der Waals surface area (Å²) in [4.78, 5) is 36.4. The fourth-order valence-electron chi connectivity index (χ4n) is 4.23. The fourth-order valence-corrected chi connectivity index (χ4v) is 4.23. The lowest BCUT2D eigenvalue weighted by molar-refractivity contribution is 0.0961. The number of carbonyl (C=O) groups is 1. The Labute approximate surface area is 187 Å². The lowest BCUT2D eigenvalue weighted by atomic mass is 9.89.